The minimum absolute atomic E-state index is 0.0565. The quantitative estimate of drug-likeness (QED) is 0.195. The Morgan fingerprint density at radius 2 is 1.78 bits per heavy atom. The Morgan fingerprint density at radius 1 is 1.00 bits per heavy atom. The summed E-state index contributed by atoms with van der Waals surface area (Å²) in [5, 5.41) is 11.2. The molecule has 0 saturated carbocycles. The molecular formula is C30H24FNO5. The molecule has 0 radical (unpaired) electrons. The van der Waals surface area contributed by atoms with Gasteiger partial charge >= 0.3 is 0 Å². The third-order valence-corrected chi connectivity index (χ3v) is 6.26. The molecular weight excluding hydrogens is 473 g/mol. The number of nitrogens with zero attached hydrogens (tertiary/aromatic N) is 1. The standard InChI is InChI=1S/C30H24FNO5/c1-19-6-4-7-20(16-19)18-37-22-13-11-21(12-14-22)28(33)26-27(24-9-2-3-10-25(24)31)32(30(35)29(26)34)17-23-8-5-15-36-23/h2-16,27,33H,17-18H2,1H3/t27-/m0/s1. The Labute approximate surface area is 213 Å². The second-order valence-electron chi connectivity index (χ2n) is 8.83. The molecule has 6 nitrogen and oxygen atoms in total. The summed E-state index contributed by atoms with van der Waals surface area (Å²) in [5.41, 5.74) is 2.38. The number of furan rings is 1. The summed E-state index contributed by atoms with van der Waals surface area (Å²) >= 11 is 0. The van der Waals surface area contributed by atoms with Gasteiger partial charge in [-0.05, 0) is 55.0 Å². The largest absolute Gasteiger partial charge is 0.507 e. The van der Waals surface area contributed by atoms with Gasteiger partial charge in [0.15, 0.2) is 0 Å². The van der Waals surface area contributed by atoms with Crippen LogP contribution in [0.25, 0.3) is 5.76 Å². The number of ketones is 1. The number of benzene rings is 3. The molecule has 5 rings (SSSR count). The van der Waals surface area contributed by atoms with Crippen LogP contribution >= 0.6 is 0 Å². The highest BCUT2D eigenvalue weighted by Gasteiger charge is 2.47. The number of amides is 1. The van der Waals surface area contributed by atoms with Crippen molar-refractivity contribution >= 4 is 17.4 Å². The maximum atomic E-state index is 14.9. The summed E-state index contributed by atoms with van der Waals surface area (Å²) in [6, 6.07) is 22.6. The number of ether oxygens (including phenoxy) is 1. The van der Waals surface area contributed by atoms with Crippen molar-refractivity contribution in [2.45, 2.75) is 26.1 Å². The molecule has 0 unspecified atom stereocenters. The number of hydrogen-bond acceptors (Lipinski definition) is 5. The van der Waals surface area contributed by atoms with Crippen molar-refractivity contribution in [1.82, 2.24) is 4.90 Å². The molecule has 0 bridgehead atoms. The SMILES string of the molecule is Cc1cccc(COc2ccc(C(O)=C3C(=O)C(=O)N(Cc4ccco4)[C@H]3c3ccccc3F)cc2)c1. The van der Waals surface area contributed by atoms with Crippen LogP contribution in [0.3, 0.4) is 0 Å². The number of aliphatic hydroxyl groups excluding tert-OH is 1. The van der Waals surface area contributed by atoms with Crippen molar-refractivity contribution in [3.8, 4) is 5.75 Å². The lowest BCUT2D eigenvalue weighted by Gasteiger charge is -2.24. The molecule has 1 fully saturated rings. The van der Waals surface area contributed by atoms with Gasteiger partial charge in [-0.15, -0.1) is 0 Å². The number of carbonyl (C=O) groups excluding carboxylic acids is 2. The number of Topliss-reactive ketones (excluding diaryl/α,β-unsaturated/α-hetero) is 1. The molecule has 1 aromatic heterocycles. The highest BCUT2D eigenvalue weighted by atomic mass is 19.1. The maximum absolute atomic E-state index is 14.9. The van der Waals surface area contributed by atoms with E-state index in [-0.39, 0.29) is 17.7 Å². The Bertz CT molecular complexity index is 1470. The fourth-order valence-electron chi connectivity index (χ4n) is 4.47. The highest BCUT2D eigenvalue weighted by Crippen LogP contribution is 2.41. The van der Waals surface area contributed by atoms with Crippen molar-refractivity contribution in [2.75, 3.05) is 0 Å². The Hall–Kier alpha value is -4.65. The molecule has 0 spiro atoms. The number of aliphatic hydroxyl groups is 1. The van der Waals surface area contributed by atoms with Gasteiger partial charge in [0, 0.05) is 11.1 Å². The minimum atomic E-state index is -1.12. The lowest BCUT2D eigenvalue weighted by molar-refractivity contribution is -0.140. The van der Waals surface area contributed by atoms with Crippen LogP contribution in [0.15, 0.2) is 101 Å². The first kappa shape index (κ1) is 24.1. The van der Waals surface area contributed by atoms with Gasteiger partial charge in [0.2, 0.25) is 0 Å². The molecule has 2 heterocycles. The van der Waals surface area contributed by atoms with Gasteiger partial charge in [0.25, 0.3) is 11.7 Å². The van der Waals surface area contributed by atoms with E-state index < -0.39 is 29.3 Å². The minimum Gasteiger partial charge on any atom is -0.507 e. The molecule has 37 heavy (non-hydrogen) atoms. The van der Waals surface area contributed by atoms with E-state index in [0.29, 0.717) is 23.7 Å². The van der Waals surface area contributed by atoms with Crippen LogP contribution in [0.5, 0.6) is 5.75 Å². The summed E-state index contributed by atoms with van der Waals surface area (Å²) in [6.07, 6.45) is 1.45. The van der Waals surface area contributed by atoms with Gasteiger partial charge in [-0.1, -0.05) is 48.0 Å². The molecule has 186 valence electrons. The molecule has 4 aromatic rings. The van der Waals surface area contributed by atoms with E-state index in [4.69, 9.17) is 9.15 Å². The Balaban J connectivity index is 1.48. The van der Waals surface area contributed by atoms with Gasteiger partial charge in [0.1, 0.15) is 29.7 Å². The van der Waals surface area contributed by atoms with E-state index in [1.165, 1.54) is 29.4 Å². The van der Waals surface area contributed by atoms with Crippen LogP contribution in [0, 0.1) is 12.7 Å². The third kappa shape index (κ3) is 4.89. The summed E-state index contributed by atoms with van der Waals surface area (Å²) < 4.78 is 26.1. The first-order valence-electron chi connectivity index (χ1n) is 11.8. The Kier molecular flexibility index (Phi) is 6.60. The molecule has 7 heteroatoms. The number of carbonyl (C=O) groups is 2. The van der Waals surface area contributed by atoms with Gasteiger partial charge in [-0.25, -0.2) is 4.39 Å². The summed E-state index contributed by atoms with van der Waals surface area (Å²) in [7, 11) is 0. The zero-order chi connectivity index (χ0) is 25.9. The number of likely N-dealkylation sites (tertiary alicyclic amines) is 1. The van der Waals surface area contributed by atoms with Gasteiger partial charge in [0.05, 0.1) is 24.4 Å². The molecule has 3 aromatic carbocycles. The van der Waals surface area contributed by atoms with E-state index in [9.17, 15) is 19.1 Å². The predicted molar refractivity (Wildman–Crippen MR) is 135 cm³/mol. The van der Waals surface area contributed by atoms with Crippen LogP contribution in [-0.2, 0) is 22.7 Å². The van der Waals surface area contributed by atoms with Crippen molar-refractivity contribution in [3.63, 3.8) is 0 Å². The predicted octanol–water partition coefficient (Wildman–Crippen LogP) is 5.93. The molecule has 1 atom stereocenters. The third-order valence-electron chi connectivity index (χ3n) is 6.26. The van der Waals surface area contributed by atoms with Crippen molar-refractivity contribution in [1.29, 1.82) is 0 Å². The molecule has 1 aliphatic rings. The van der Waals surface area contributed by atoms with E-state index in [1.807, 2.05) is 31.2 Å². The van der Waals surface area contributed by atoms with Crippen LogP contribution in [0.1, 0.15) is 34.1 Å². The smallest absolute Gasteiger partial charge is 0.296 e. The van der Waals surface area contributed by atoms with Gasteiger partial charge in [-0.3, -0.25) is 9.59 Å². The van der Waals surface area contributed by atoms with E-state index >= 15 is 0 Å². The number of rotatable bonds is 7. The second-order valence-corrected chi connectivity index (χ2v) is 8.83. The number of hydrogen-bond donors (Lipinski definition) is 1. The monoisotopic (exact) mass is 497 g/mol. The number of aryl methyl sites for hydroxylation is 1. The fraction of sp³-hybridized carbons (Fsp3) is 0.133. The van der Waals surface area contributed by atoms with Crippen molar-refractivity contribution in [2.24, 2.45) is 0 Å². The van der Waals surface area contributed by atoms with E-state index in [0.717, 1.165) is 11.1 Å². The average molecular weight is 498 g/mol. The van der Waals surface area contributed by atoms with E-state index in [2.05, 4.69) is 0 Å². The molecule has 1 saturated heterocycles. The van der Waals surface area contributed by atoms with Crippen LogP contribution in [0.2, 0.25) is 0 Å². The van der Waals surface area contributed by atoms with Gasteiger partial charge in [-0.2, -0.15) is 0 Å². The van der Waals surface area contributed by atoms with Crippen LogP contribution in [0.4, 0.5) is 4.39 Å². The van der Waals surface area contributed by atoms with Gasteiger partial charge < -0.3 is 19.2 Å². The zero-order valence-corrected chi connectivity index (χ0v) is 20.1. The lowest BCUT2D eigenvalue weighted by atomic mass is 9.95. The Morgan fingerprint density at radius 3 is 2.49 bits per heavy atom. The normalized spacial score (nSPS) is 16.8. The maximum Gasteiger partial charge on any atom is 0.296 e. The first-order valence-corrected chi connectivity index (χ1v) is 11.8. The first-order chi connectivity index (χ1) is 17.9. The average Bonchev–Trinajstić information content (AvgIpc) is 3.50. The molecule has 1 amide bonds. The lowest BCUT2D eigenvalue weighted by Crippen LogP contribution is -2.29. The zero-order valence-electron chi connectivity index (χ0n) is 20.1. The second kappa shape index (κ2) is 10.1. The summed E-state index contributed by atoms with van der Waals surface area (Å²) in [4.78, 5) is 27.4. The summed E-state index contributed by atoms with van der Waals surface area (Å²) in [5.74, 6) is -1.72. The summed E-state index contributed by atoms with van der Waals surface area (Å²) in [6.45, 7) is 2.32. The topological polar surface area (TPSA) is 80.0 Å². The van der Waals surface area contributed by atoms with Crippen LogP contribution in [-0.4, -0.2) is 21.7 Å². The number of halogens is 1. The van der Waals surface area contributed by atoms with Crippen molar-refractivity contribution < 1.29 is 28.2 Å². The van der Waals surface area contributed by atoms with E-state index in [1.54, 1.807) is 42.5 Å². The molecule has 1 aliphatic heterocycles. The highest BCUT2D eigenvalue weighted by molar-refractivity contribution is 6.46. The molecule has 0 aliphatic carbocycles. The fourth-order valence-corrected chi connectivity index (χ4v) is 4.47. The van der Waals surface area contributed by atoms with Crippen LogP contribution < -0.4 is 4.74 Å². The molecule has 1 N–H and O–H groups in total. The van der Waals surface area contributed by atoms with Crippen molar-refractivity contribution in [3.05, 3.63) is 131 Å².